The second-order valence-corrected chi connectivity index (χ2v) is 15.4. The van der Waals surface area contributed by atoms with Gasteiger partial charge in [-0.05, 0) is 54.3 Å². The molecule has 280 valence electrons. The average molecular weight is 853 g/mol. The molecule has 0 spiro atoms. The number of unbranched alkanes of at least 4 members (excludes halogenated alkanes) is 1. The van der Waals surface area contributed by atoms with Crippen LogP contribution >= 0.6 is 31.9 Å². The van der Waals surface area contributed by atoms with E-state index in [9.17, 15) is 10.2 Å². The van der Waals surface area contributed by atoms with Gasteiger partial charge in [-0.25, -0.2) is 0 Å². The highest BCUT2D eigenvalue weighted by Gasteiger charge is 2.19. The molecule has 1 atom stereocenters. The predicted molar refractivity (Wildman–Crippen MR) is 226 cm³/mol. The zero-order valence-electron chi connectivity index (χ0n) is 30.7. The van der Waals surface area contributed by atoms with E-state index in [1.807, 2.05) is 97.1 Å². The highest BCUT2D eigenvalue weighted by atomic mass is 79.9. The third-order valence-corrected chi connectivity index (χ3v) is 10.7. The molecule has 4 N–H and O–H groups in total. The van der Waals surface area contributed by atoms with Gasteiger partial charge in [0.1, 0.15) is 36.2 Å². The van der Waals surface area contributed by atoms with Gasteiger partial charge in [0.05, 0.1) is 0 Å². The fraction of sp³-hybridized carbons (Fsp3) is 0.261. The molecule has 1 aliphatic carbocycles. The summed E-state index contributed by atoms with van der Waals surface area (Å²) < 4.78 is 14.6. The van der Waals surface area contributed by atoms with E-state index >= 15 is 0 Å². The Morgan fingerprint density at radius 1 is 0.685 bits per heavy atom. The minimum atomic E-state index is 0.171. The van der Waals surface area contributed by atoms with Crippen molar-refractivity contribution >= 4 is 37.4 Å². The lowest BCUT2D eigenvalue weighted by atomic mass is 9.95. The van der Waals surface area contributed by atoms with Crippen LogP contribution in [0.3, 0.4) is 0 Å². The monoisotopic (exact) mass is 850 g/mol. The largest absolute Gasteiger partial charge is 0.507 e. The van der Waals surface area contributed by atoms with Crippen LogP contribution in [-0.4, -0.2) is 22.8 Å². The maximum atomic E-state index is 11.5. The van der Waals surface area contributed by atoms with E-state index < -0.39 is 0 Å². The quantitative estimate of drug-likeness (QED) is 0.0703. The Kier molecular flexibility index (Phi) is 14.5. The number of hydrogen-bond acceptors (Lipinski definition) is 6. The lowest BCUT2D eigenvalue weighted by molar-refractivity contribution is 0.190. The van der Waals surface area contributed by atoms with Crippen molar-refractivity contribution in [3.05, 3.63) is 164 Å². The van der Waals surface area contributed by atoms with E-state index in [1.165, 1.54) is 0 Å². The number of benzene rings is 5. The van der Waals surface area contributed by atoms with E-state index in [-0.39, 0.29) is 17.5 Å². The van der Waals surface area contributed by atoms with Crippen molar-refractivity contribution in [1.82, 2.24) is 10.6 Å². The Hall–Kier alpha value is -4.34. The minimum Gasteiger partial charge on any atom is -0.507 e. The topological polar surface area (TPSA) is 83.0 Å². The first kappa shape index (κ1) is 39.4. The van der Waals surface area contributed by atoms with Crippen LogP contribution in [0, 0.1) is 0 Å². The summed E-state index contributed by atoms with van der Waals surface area (Å²) in [7, 11) is 0. The maximum Gasteiger partial charge on any atom is 0.128 e. The van der Waals surface area contributed by atoms with E-state index in [2.05, 4.69) is 73.7 Å². The highest BCUT2D eigenvalue weighted by molar-refractivity contribution is 9.10. The van der Waals surface area contributed by atoms with Crippen molar-refractivity contribution < 1.29 is 19.7 Å². The van der Waals surface area contributed by atoms with Gasteiger partial charge in [-0.1, -0.05) is 143 Å². The first-order valence-corrected chi connectivity index (χ1v) is 20.3. The van der Waals surface area contributed by atoms with Crippen molar-refractivity contribution in [1.29, 1.82) is 0 Å². The van der Waals surface area contributed by atoms with Gasteiger partial charge in [0.15, 0.2) is 0 Å². The molecule has 0 aliphatic heterocycles. The van der Waals surface area contributed by atoms with Crippen LogP contribution in [0.25, 0.3) is 16.7 Å². The third kappa shape index (κ3) is 10.7. The van der Waals surface area contributed by atoms with Crippen LogP contribution < -0.4 is 15.4 Å². The first-order chi connectivity index (χ1) is 26.4. The molecule has 6 rings (SSSR count). The zero-order chi connectivity index (χ0) is 37.7. The molecule has 5 aromatic carbocycles. The van der Waals surface area contributed by atoms with Crippen LogP contribution in [0.4, 0.5) is 0 Å². The van der Waals surface area contributed by atoms with Gasteiger partial charge < -0.3 is 30.3 Å². The van der Waals surface area contributed by atoms with Crippen LogP contribution in [0.15, 0.2) is 136 Å². The Morgan fingerprint density at radius 3 is 2.00 bits per heavy atom. The van der Waals surface area contributed by atoms with Crippen LogP contribution in [-0.2, 0) is 31.0 Å². The Morgan fingerprint density at radius 2 is 1.30 bits per heavy atom. The summed E-state index contributed by atoms with van der Waals surface area (Å²) in [6.45, 7) is 4.85. The lowest BCUT2D eigenvalue weighted by Crippen LogP contribution is -2.38. The number of phenolic OH excluding ortho intramolecular Hbond substituents is 2. The lowest BCUT2D eigenvalue weighted by Gasteiger charge is -2.22. The van der Waals surface area contributed by atoms with E-state index in [4.69, 9.17) is 9.47 Å². The number of ether oxygens (including phenoxy) is 2. The van der Waals surface area contributed by atoms with Crippen molar-refractivity contribution in [3.63, 3.8) is 0 Å². The zero-order valence-corrected chi connectivity index (χ0v) is 33.8. The summed E-state index contributed by atoms with van der Waals surface area (Å²) in [6.07, 6.45) is 9.07. The number of rotatable bonds is 18. The second kappa shape index (κ2) is 19.8. The molecule has 5 aromatic rings. The number of halogens is 2. The number of nitrogens with one attached hydrogen (secondary N) is 2. The third-order valence-electron chi connectivity index (χ3n) is 9.66. The molecule has 6 nitrogen and oxygen atoms in total. The fourth-order valence-corrected chi connectivity index (χ4v) is 7.13. The van der Waals surface area contributed by atoms with E-state index in [0.717, 1.165) is 97.1 Å². The molecular weight excluding hydrogens is 804 g/mol. The van der Waals surface area contributed by atoms with Gasteiger partial charge in [0.25, 0.3) is 0 Å². The van der Waals surface area contributed by atoms with E-state index in [0.29, 0.717) is 32.8 Å². The SMILES string of the molecule is CCCC[C@@H](CNCc1cccc(-c2ccccc2OCc2ccc(Br)cc2)c1O)NCc1cccc(C2=C(OCc3ccc(Br)cc3)CCC=C2)c1O. The number of aromatic hydroxyl groups is 2. The number of phenols is 2. The minimum absolute atomic E-state index is 0.171. The Bertz CT molecular complexity index is 2040. The van der Waals surface area contributed by atoms with Crippen molar-refractivity contribution in [2.75, 3.05) is 6.54 Å². The Labute approximate surface area is 336 Å². The van der Waals surface area contributed by atoms with Crippen LogP contribution in [0.5, 0.6) is 17.2 Å². The molecule has 1 aliphatic rings. The van der Waals surface area contributed by atoms with Gasteiger partial charge in [0.2, 0.25) is 0 Å². The summed E-state index contributed by atoms with van der Waals surface area (Å²) in [4.78, 5) is 0. The molecule has 0 aromatic heterocycles. The molecule has 0 fully saturated rings. The molecule has 0 bridgehead atoms. The molecule has 0 heterocycles. The molecule has 0 saturated carbocycles. The van der Waals surface area contributed by atoms with Gasteiger partial charge in [-0.3, -0.25) is 0 Å². The van der Waals surface area contributed by atoms with Gasteiger partial charge in [-0.15, -0.1) is 0 Å². The van der Waals surface area contributed by atoms with Crippen molar-refractivity contribution in [3.8, 4) is 28.4 Å². The summed E-state index contributed by atoms with van der Waals surface area (Å²) in [5.74, 6) is 2.14. The van der Waals surface area contributed by atoms with Crippen LogP contribution in [0.1, 0.15) is 66.8 Å². The molecule has 54 heavy (non-hydrogen) atoms. The van der Waals surface area contributed by atoms with Gasteiger partial charge >= 0.3 is 0 Å². The molecule has 0 amide bonds. The summed E-state index contributed by atoms with van der Waals surface area (Å²) in [6, 6.07) is 36.1. The number of hydrogen-bond donors (Lipinski definition) is 4. The van der Waals surface area contributed by atoms with Crippen molar-refractivity contribution in [2.24, 2.45) is 0 Å². The van der Waals surface area contributed by atoms with Gasteiger partial charge in [0, 0.05) is 74.4 Å². The first-order valence-electron chi connectivity index (χ1n) is 18.7. The molecular formula is C46H48Br2N2O4. The standard InChI is InChI=1S/C46H48Br2N2O4/c1-2-3-12-38(50-28-35-11-9-16-42(46(35)52)40-14-5-7-18-44(40)54-31-33-21-25-37(48)26-22-33)29-49-27-34-10-8-15-41(45(34)51)39-13-4-6-17-43(39)53-30-32-19-23-36(47)24-20-32/h4-6,8-11,13-17,19-26,38,49-52H,2-3,7,12,18,27-31H2,1H3/t38-/m0/s1. The number of para-hydroxylation sites is 3. The number of allylic oxidation sites excluding steroid dienone is 4. The molecule has 8 heteroatoms. The summed E-state index contributed by atoms with van der Waals surface area (Å²) in [5.41, 5.74) is 7.14. The fourth-order valence-electron chi connectivity index (χ4n) is 6.61. The molecule has 0 unspecified atom stereocenters. The van der Waals surface area contributed by atoms with E-state index in [1.54, 1.807) is 0 Å². The Balaban J connectivity index is 1.09. The highest BCUT2D eigenvalue weighted by Crippen LogP contribution is 2.38. The smallest absolute Gasteiger partial charge is 0.128 e. The molecule has 0 saturated heterocycles. The average Bonchev–Trinajstić information content (AvgIpc) is 3.20. The maximum absolute atomic E-state index is 11.5. The molecule has 0 radical (unpaired) electrons. The second-order valence-electron chi connectivity index (χ2n) is 13.6. The normalized spacial score (nSPS) is 13.2. The van der Waals surface area contributed by atoms with Gasteiger partial charge in [-0.2, -0.15) is 0 Å². The van der Waals surface area contributed by atoms with Crippen LogP contribution in [0.2, 0.25) is 0 Å². The summed E-state index contributed by atoms with van der Waals surface area (Å²) in [5, 5.41) is 30.3. The van der Waals surface area contributed by atoms with Crippen molar-refractivity contribution in [2.45, 2.75) is 71.4 Å². The predicted octanol–water partition coefficient (Wildman–Crippen LogP) is 11.6. The summed E-state index contributed by atoms with van der Waals surface area (Å²) >= 11 is 6.99.